The van der Waals surface area contributed by atoms with E-state index in [4.69, 9.17) is 5.26 Å². The summed E-state index contributed by atoms with van der Waals surface area (Å²) in [6, 6.07) is 13.3. The van der Waals surface area contributed by atoms with Gasteiger partial charge in [-0.3, -0.25) is 4.79 Å². The molecule has 7 heteroatoms. The summed E-state index contributed by atoms with van der Waals surface area (Å²) in [5.74, 6) is -0.248. The van der Waals surface area contributed by atoms with E-state index in [1.165, 1.54) is 12.3 Å². The molecule has 1 aromatic carbocycles. The first-order valence-corrected chi connectivity index (χ1v) is 8.11. The Morgan fingerprint density at radius 1 is 1.23 bits per heavy atom. The van der Waals surface area contributed by atoms with Crippen LogP contribution in [0.3, 0.4) is 0 Å². The smallest absolute Gasteiger partial charge is 0.236 e. The van der Waals surface area contributed by atoms with E-state index in [2.05, 4.69) is 15.4 Å². The normalized spacial score (nSPS) is 14.5. The van der Waals surface area contributed by atoms with Gasteiger partial charge in [-0.1, -0.05) is 18.2 Å². The Kier molecular flexibility index (Phi) is 3.73. The minimum atomic E-state index is -0.814. The molecule has 1 aliphatic carbocycles. The molecule has 0 aliphatic heterocycles. The SMILES string of the molecule is N#Cc1ccc(-n2ccc(NC(=O)C3(c4ccccc4F)CC3)n2)cn1. The summed E-state index contributed by atoms with van der Waals surface area (Å²) < 4.78 is 15.6. The lowest BCUT2D eigenvalue weighted by molar-refractivity contribution is -0.118. The summed E-state index contributed by atoms with van der Waals surface area (Å²) in [6.07, 6.45) is 4.43. The maximum absolute atomic E-state index is 14.1. The standard InChI is InChI=1S/C19H14FN5O/c20-16-4-2-1-3-15(16)19(8-9-19)18(26)23-17-7-10-25(24-17)14-6-5-13(11-21)22-12-14/h1-7,10,12H,8-9H2,(H,23,24,26). The van der Waals surface area contributed by atoms with E-state index in [0.29, 0.717) is 35.6 Å². The van der Waals surface area contributed by atoms with Gasteiger partial charge >= 0.3 is 0 Å². The number of nitrogens with one attached hydrogen (secondary N) is 1. The molecule has 0 saturated heterocycles. The highest BCUT2D eigenvalue weighted by Gasteiger charge is 2.52. The predicted molar refractivity (Wildman–Crippen MR) is 92.0 cm³/mol. The van der Waals surface area contributed by atoms with Gasteiger partial charge in [0, 0.05) is 17.8 Å². The van der Waals surface area contributed by atoms with Gasteiger partial charge in [-0.2, -0.15) is 10.4 Å². The summed E-state index contributed by atoms with van der Waals surface area (Å²) >= 11 is 0. The molecule has 2 aromatic heterocycles. The maximum atomic E-state index is 14.1. The molecule has 1 saturated carbocycles. The van der Waals surface area contributed by atoms with Crippen molar-refractivity contribution in [2.45, 2.75) is 18.3 Å². The molecule has 128 valence electrons. The highest BCUT2D eigenvalue weighted by molar-refractivity contribution is 6.00. The summed E-state index contributed by atoms with van der Waals surface area (Å²) in [6.45, 7) is 0. The minimum absolute atomic E-state index is 0.259. The van der Waals surface area contributed by atoms with E-state index in [9.17, 15) is 9.18 Å². The number of pyridine rings is 1. The number of aromatic nitrogens is 3. The fourth-order valence-corrected chi connectivity index (χ4v) is 2.95. The van der Waals surface area contributed by atoms with Gasteiger partial charge in [-0.25, -0.2) is 14.1 Å². The minimum Gasteiger partial charge on any atom is -0.308 e. The second-order valence-corrected chi connectivity index (χ2v) is 6.18. The number of anilines is 1. The molecular formula is C19H14FN5O. The Labute approximate surface area is 148 Å². The van der Waals surface area contributed by atoms with E-state index in [1.807, 2.05) is 6.07 Å². The van der Waals surface area contributed by atoms with Crippen molar-refractivity contribution in [2.24, 2.45) is 0 Å². The monoisotopic (exact) mass is 347 g/mol. The average Bonchev–Trinajstić information content (AvgIpc) is 3.35. The van der Waals surface area contributed by atoms with Crippen molar-refractivity contribution >= 4 is 11.7 Å². The molecule has 3 aromatic rings. The van der Waals surface area contributed by atoms with Crippen molar-refractivity contribution in [3.05, 3.63) is 71.9 Å². The number of benzene rings is 1. The van der Waals surface area contributed by atoms with Crippen LogP contribution >= 0.6 is 0 Å². The van der Waals surface area contributed by atoms with E-state index < -0.39 is 5.41 Å². The van der Waals surface area contributed by atoms with Crippen molar-refractivity contribution in [1.82, 2.24) is 14.8 Å². The number of nitrogens with zero attached hydrogens (tertiary/aromatic N) is 4. The largest absolute Gasteiger partial charge is 0.308 e. The summed E-state index contributed by atoms with van der Waals surface area (Å²) in [5.41, 5.74) is 0.591. The topological polar surface area (TPSA) is 83.6 Å². The molecule has 4 rings (SSSR count). The van der Waals surface area contributed by atoms with Gasteiger partial charge in [-0.15, -0.1) is 0 Å². The van der Waals surface area contributed by atoms with Crippen LogP contribution in [0.2, 0.25) is 0 Å². The third-order valence-corrected chi connectivity index (χ3v) is 4.53. The number of carbonyl (C=O) groups excluding carboxylic acids is 1. The molecule has 0 atom stereocenters. The Bertz CT molecular complexity index is 1010. The first-order valence-electron chi connectivity index (χ1n) is 8.11. The van der Waals surface area contributed by atoms with Gasteiger partial charge in [-0.05, 0) is 31.0 Å². The Balaban J connectivity index is 1.53. The van der Waals surface area contributed by atoms with Crippen molar-refractivity contribution in [3.8, 4) is 11.8 Å². The lowest BCUT2D eigenvalue weighted by atomic mass is 9.94. The van der Waals surface area contributed by atoms with Gasteiger partial charge in [0.05, 0.1) is 17.3 Å². The zero-order valence-corrected chi connectivity index (χ0v) is 13.7. The molecule has 1 N–H and O–H groups in total. The van der Waals surface area contributed by atoms with Gasteiger partial charge < -0.3 is 5.32 Å². The number of halogens is 1. The lowest BCUT2D eigenvalue weighted by Crippen LogP contribution is -2.29. The van der Waals surface area contributed by atoms with Crippen LogP contribution in [0.5, 0.6) is 0 Å². The lowest BCUT2D eigenvalue weighted by Gasteiger charge is -2.15. The van der Waals surface area contributed by atoms with Crippen LogP contribution in [0.1, 0.15) is 24.1 Å². The molecule has 1 aliphatic rings. The predicted octanol–water partition coefficient (Wildman–Crippen LogP) is 2.95. The van der Waals surface area contributed by atoms with Gasteiger partial charge in [0.1, 0.15) is 17.6 Å². The van der Waals surface area contributed by atoms with Gasteiger partial charge in [0.2, 0.25) is 5.91 Å². The third-order valence-electron chi connectivity index (χ3n) is 4.53. The molecule has 26 heavy (non-hydrogen) atoms. The molecule has 0 radical (unpaired) electrons. The van der Waals surface area contributed by atoms with E-state index in [1.54, 1.807) is 47.3 Å². The first-order chi connectivity index (χ1) is 12.6. The van der Waals surface area contributed by atoms with E-state index >= 15 is 0 Å². The number of nitriles is 1. The van der Waals surface area contributed by atoms with Gasteiger partial charge in [0.25, 0.3) is 0 Å². The zero-order chi connectivity index (χ0) is 18.1. The third kappa shape index (κ3) is 2.71. The molecule has 6 nitrogen and oxygen atoms in total. The number of carbonyl (C=O) groups is 1. The molecule has 1 fully saturated rings. The van der Waals surface area contributed by atoms with Crippen LogP contribution < -0.4 is 5.32 Å². The quantitative estimate of drug-likeness (QED) is 0.786. The van der Waals surface area contributed by atoms with E-state index in [0.717, 1.165) is 0 Å². The van der Waals surface area contributed by atoms with E-state index in [-0.39, 0.29) is 11.7 Å². The number of hydrogen-bond acceptors (Lipinski definition) is 4. The second kappa shape index (κ2) is 6.08. The van der Waals surface area contributed by atoms with Gasteiger partial charge in [0.15, 0.2) is 5.82 Å². The molecule has 2 heterocycles. The van der Waals surface area contributed by atoms with Crippen LogP contribution in [0.25, 0.3) is 5.69 Å². The summed E-state index contributed by atoms with van der Waals surface area (Å²) in [5, 5.41) is 15.9. The molecule has 0 spiro atoms. The average molecular weight is 347 g/mol. The van der Waals surface area contributed by atoms with Crippen LogP contribution in [0, 0.1) is 17.1 Å². The maximum Gasteiger partial charge on any atom is 0.236 e. The molecular weight excluding hydrogens is 333 g/mol. The van der Waals surface area contributed by atoms with Crippen molar-refractivity contribution in [3.63, 3.8) is 0 Å². The van der Waals surface area contributed by atoms with Crippen molar-refractivity contribution < 1.29 is 9.18 Å². The Morgan fingerprint density at radius 2 is 2.04 bits per heavy atom. The van der Waals surface area contributed by atoms with Crippen LogP contribution in [0.4, 0.5) is 10.2 Å². The number of hydrogen-bond donors (Lipinski definition) is 1. The molecule has 0 unspecified atom stereocenters. The highest BCUT2D eigenvalue weighted by atomic mass is 19.1. The second-order valence-electron chi connectivity index (χ2n) is 6.18. The number of rotatable bonds is 4. The van der Waals surface area contributed by atoms with Crippen LogP contribution in [-0.2, 0) is 10.2 Å². The zero-order valence-electron chi connectivity index (χ0n) is 13.7. The fourth-order valence-electron chi connectivity index (χ4n) is 2.95. The summed E-state index contributed by atoms with van der Waals surface area (Å²) in [7, 11) is 0. The highest BCUT2D eigenvalue weighted by Crippen LogP contribution is 2.49. The van der Waals surface area contributed by atoms with Crippen molar-refractivity contribution in [1.29, 1.82) is 5.26 Å². The van der Waals surface area contributed by atoms with Crippen LogP contribution in [-0.4, -0.2) is 20.7 Å². The molecule has 1 amide bonds. The van der Waals surface area contributed by atoms with Crippen molar-refractivity contribution in [2.75, 3.05) is 5.32 Å². The Hall–Kier alpha value is -3.53. The summed E-state index contributed by atoms with van der Waals surface area (Å²) in [4.78, 5) is 16.7. The fraction of sp³-hybridized carbons (Fsp3) is 0.158. The first kappa shape index (κ1) is 16.0. The number of amides is 1. The molecule has 0 bridgehead atoms. The van der Waals surface area contributed by atoms with Crippen LogP contribution in [0.15, 0.2) is 54.9 Å². The Morgan fingerprint density at radius 3 is 2.69 bits per heavy atom.